The van der Waals surface area contributed by atoms with E-state index in [9.17, 15) is 14.4 Å². The van der Waals surface area contributed by atoms with Crippen LogP contribution in [-0.4, -0.2) is 28.1 Å². The Labute approximate surface area is 192 Å². The van der Waals surface area contributed by atoms with Crippen LogP contribution in [0.4, 0.5) is 0 Å². The number of carboxylic acid groups (broad SMARTS) is 2. The van der Waals surface area contributed by atoms with Crippen LogP contribution in [0.25, 0.3) is 0 Å². The molecule has 0 aliphatic rings. The normalized spacial score (nSPS) is 11.2. The fourth-order valence-electron chi connectivity index (χ4n) is 2.85. The Hall–Kier alpha value is -4.23. The second-order valence-electron chi connectivity index (χ2n) is 6.92. The van der Waals surface area contributed by atoms with Gasteiger partial charge in [-0.05, 0) is 16.7 Å². The van der Waals surface area contributed by atoms with Crippen molar-refractivity contribution in [3.8, 4) is 0 Å². The van der Waals surface area contributed by atoms with Crippen LogP contribution >= 0.6 is 0 Å². The van der Waals surface area contributed by atoms with Gasteiger partial charge in [0.05, 0.1) is 0 Å². The average Bonchev–Trinajstić information content (AvgIpc) is 2.84. The first kappa shape index (κ1) is 25.0. The molecule has 0 fully saturated rings. The van der Waals surface area contributed by atoms with Crippen LogP contribution in [0.1, 0.15) is 22.7 Å². The Kier molecular flexibility index (Phi) is 10.6. The van der Waals surface area contributed by atoms with Crippen LogP contribution in [-0.2, 0) is 27.5 Å². The lowest BCUT2D eigenvalue weighted by Crippen LogP contribution is -2.37. The summed E-state index contributed by atoms with van der Waals surface area (Å²) in [6.07, 6.45) is 1.12. The minimum Gasteiger partial charge on any atom is -0.478 e. The molecule has 0 heterocycles. The molecule has 0 aromatic heterocycles. The SMILES string of the molecule is O=C(NCc1ccccc1)C(NCc1ccccc1)c1ccccc1.O=C(O)C=CC(=O)O. The Morgan fingerprint density at radius 2 is 1.09 bits per heavy atom. The van der Waals surface area contributed by atoms with E-state index >= 15 is 0 Å². The van der Waals surface area contributed by atoms with Crippen LogP contribution in [0, 0.1) is 0 Å². The largest absolute Gasteiger partial charge is 0.478 e. The highest BCUT2D eigenvalue weighted by molar-refractivity contribution is 5.89. The van der Waals surface area contributed by atoms with E-state index in [1.54, 1.807) is 0 Å². The number of nitrogens with one attached hydrogen (secondary N) is 2. The molecule has 4 N–H and O–H groups in total. The summed E-state index contributed by atoms with van der Waals surface area (Å²) in [5.74, 6) is -2.54. The molecule has 0 radical (unpaired) electrons. The number of carbonyl (C=O) groups is 3. The van der Waals surface area contributed by atoms with Gasteiger partial charge in [0.1, 0.15) is 6.04 Å². The van der Waals surface area contributed by atoms with Gasteiger partial charge in [0.2, 0.25) is 5.91 Å². The first-order chi connectivity index (χ1) is 16.0. The highest BCUT2D eigenvalue weighted by atomic mass is 16.4. The highest BCUT2D eigenvalue weighted by Gasteiger charge is 2.19. The maximum Gasteiger partial charge on any atom is 0.328 e. The molecular weight excluding hydrogens is 420 g/mol. The monoisotopic (exact) mass is 446 g/mol. The van der Waals surface area contributed by atoms with E-state index in [-0.39, 0.29) is 11.9 Å². The van der Waals surface area contributed by atoms with Gasteiger partial charge < -0.3 is 15.5 Å². The van der Waals surface area contributed by atoms with Gasteiger partial charge in [0.15, 0.2) is 0 Å². The third-order valence-electron chi connectivity index (χ3n) is 4.43. The summed E-state index contributed by atoms with van der Waals surface area (Å²) in [5.41, 5.74) is 3.20. The number of aliphatic carboxylic acids is 2. The topological polar surface area (TPSA) is 116 Å². The van der Waals surface area contributed by atoms with Gasteiger partial charge in [-0.25, -0.2) is 9.59 Å². The van der Waals surface area contributed by atoms with Crippen molar-refractivity contribution in [1.82, 2.24) is 10.6 Å². The zero-order valence-electron chi connectivity index (χ0n) is 17.9. The van der Waals surface area contributed by atoms with Crippen molar-refractivity contribution in [1.29, 1.82) is 0 Å². The Balaban J connectivity index is 0.000000414. The van der Waals surface area contributed by atoms with E-state index in [0.717, 1.165) is 16.7 Å². The molecule has 1 amide bonds. The molecule has 1 atom stereocenters. The highest BCUT2D eigenvalue weighted by Crippen LogP contribution is 2.14. The van der Waals surface area contributed by atoms with E-state index in [2.05, 4.69) is 22.8 Å². The molecule has 7 nitrogen and oxygen atoms in total. The van der Waals surface area contributed by atoms with Crippen LogP contribution in [0.5, 0.6) is 0 Å². The van der Waals surface area contributed by atoms with E-state index in [4.69, 9.17) is 10.2 Å². The first-order valence-corrected chi connectivity index (χ1v) is 10.2. The van der Waals surface area contributed by atoms with E-state index in [1.807, 2.05) is 78.9 Å². The molecule has 33 heavy (non-hydrogen) atoms. The maximum absolute atomic E-state index is 12.8. The van der Waals surface area contributed by atoms with Crippen molar-refractivity contribution in [2.45, 2.75) is 19.1 Å². The number of hydrogen-bond donors (Lipinski definition) is 4. The molecule has 3 rings (SSSR count). The number of carboxylic acids is 2. The minimum absolute atomic E-state index is 0.0222. The molecule has 0 saturated carbocycles. The predicted molar refractivity (Wildman–Crippen MR) is 125 cm³/mol. The number of amides is 1. The smallest absolute Gasteiger partial charge is 0.328 e. The molecule has 0 aliphatic carbocycles. The van der Waals surface area contributed by atoms with Gasteiger partial charge in [0, 0.05) is 25.2 Å². The van der Waals surface area contributed by atoms with Crippen molar-refractivity contribution in [2.75, 3.05) is 0 Å². The summed E-state index contributed by atoms with van der Waals surface area (Å²) in [6, 6.07) is 29.5. The third kappa shape index (κ3) is 10.1. The van der Waals surface area contributed by atoms with Crippen molar-refractivity contribution in [2.24, 2.45) is 0 Å². The molecule has 1 unspecified atom stereocenters. The molecule has 0 aliphatic heterocycles. The molecule has 0 bridgehead atoms. The van der Waals surface area contributed by atoms with E-state index in [1.165, 1.54) is 0 Å². The third-order valence-corrected chi connectivity index (χ3v) is 4.43. The fraction of sp³-hybridized carbons (Fsp3) is 0.115. The second-order valence-corrected chi connectivity index (χ2v) is 6.92. The summed E-state index contributed by atoms with van der Waals surface area (Å²) in [4.78, 5) is 31.9. The Morgan fingerprint density at radius 1 is 0.667 bits per heavy atom. The number of benzene rings is 3. The molecule has 3 aromatic carbocycles. The van der Waals surface area contributed by atoms with Crippen molar-refractivity contribution < 1.29 is 24.6 Å². The predicted octanol–water partition coefficient (Wildman–Crippen LogP) is 3.55. The van der Waals surface area contributed by atoms with Gasteiger partial charge in [-0.15, -0.1) is 0 Å². The van der Waals surface area contributed by atoms with Crippen molar-refractivity contribution in [3.63, 3.8) is 0 Å². The Bertz CT molecular complexity index is 1020. The molecular formula is C26H26N2O5. The zero-order chi connectivity index (χ0) is 23.9. The molecule has 0 saturated heterocycles. The lowest BCUT2D eigenvalue weighted by atomic mass is 10.1. The molecule has 170 valence electrons. The molecule has 7 heteroatoms. The van der Waals surface area contributed by atoms with Gasteiger partial charge >= 0.3 is 11.9 Å². The van der Waals surface area contributed by atoms with Crippen molar-refractivity contribution in [3.05, 3.63) is 120 Å². The lowest BCUT2D eigenvalue weighted by Gasteiger charge is -2.19. The van der Waals surface area contributed by atoms with Crippen LogP contribution in [0.2, 0.25) is 0 Å². The summed E-state index contributed by atoms with van der Waals surface area (Å²) in [6.45, 7) is 1.16. The summed E-state index contributed by atoms with van der Waals surface area (Å²) in [7, 11) is 0. The summed E-state index contributed by atoms with van der Waals surface area (Å²) < 4.78 is 0. The van der Waals surface area contributed by atoms with Crippen molar-refractivity contribution >= 4 is 17.8 Å². The second kappa shape index (κ2) is 14.0. The zero-order valence-corrected chi connectivity index (χ0v) is 17.9. The fourth-order valence-corrected chi connectivity index (χ4v) is 2.85. The average molecular weight is 447 g/mol. The van der Waals surface area contributed by atoms with E-state index in [0.29, 0.717) is 25.2 Å². The van der Waals surface area contributed by atoms with Gasteiger partial charge in [-0.2, -0.15) is 0 Å². The summed E-state index contributed by atoms with van der Waals surface area (Å²) in [5, 5.41) is 22.0. The minimum atomic E-state index is -1.26. The Morgan fingerprint density at radius 3 is 1.55 bits per heavy atom. The standard InChI is InChI=1S/C22H22N2O.C4H4O4/c25-22(24-17-19-12-6-2-7-13-19)21(20-14-8-3-9-15-20)23-16-18-10-4-1-5-11-18;5-3(6)1-2-4(7)8/h1-15,21,23H,16-17H2,(H,24,25);1-2H,(H,5,6)(H,7,8). The molecule has 0 spiro atoms. The van der Waals surface area contributed by atoms with Gasteiger partial charge in [-0.3, -0.25) is 10.1 Å². The first-order valence-electron chi connectivity index (χ1n) is 10.2. The summed E-state index contributed by atoms with van der Waals surface area (Å²) >= 11 is 0. The van der Waals surface area contributed by atoms with Gasteiger partial charge in [0.25, 0.3) is 0 Å². The number of hydrogen-bond acceptors (Lipinski definition) is 4. The van der Waals surface area contributed by atoms with E-state index < -0.39 is 11.9 Å². The number of carbonyl (C=O) groups excluding carboxylic acids is 1. The maximum atomic E-state index is 12.8. The number of rotatable bonds is 9. The van der Waals surface area contributed by atoms with Crippen LogP contribution in [0.15, 0.2) is 103 Å². The molecule has 3 aromatic rings. The van der Waals surface area contributed by atoms with Crippen LogP contribution in [0.3, 0.4) is 0 Å². The van der Waals surface area contributed by atoms with Gasteiger partial charge in [-0.1, -0.05) is 91.0 Å². The van der Waals surface area contributed by atoms with Crippen LogP contribution < -0.4 is 10.6 Å². The lowest BCUT2D eigenvalue weighted by molar-refractivity contribution is -0.134. The quantitative estimate of drug-likeness (QED) is 0.374.